The molecule has 35 heavy (non-hydrogen) atoms. The van der Waals surface area contributed by atoms with Gasteiger partial charge in [-0.1, -0.05) is 0 Å². The fourth-order valence-electron chi connectivity index (χ4n) is 3.53. The smallest absolute Gasteiger partial charge is 0.498 e. The van der Waals surface area contributed by atoms with Crippen molar-refractivity contribution >= 4 is 24.3 Å². The molecule has 9 heteroatoms. The summed E-state index contributed by atoms with van der Waals surface area (Å²) in [6.07, 6.45) is 7.10. The third kappa shape index (κ3) is 5.24. The van der Waals surface area contributed by atoms with Gasteiger partial charge >= 0.3 is 5.69 Å². The van der Waals surface area contributed by atoms with Gasteiger partial charge in [0.25, 0.3) is 0 Å². The Morgan fingerprint density at radius 3 is 1.63 bits per heavy atom. The number of hydrogen-bond donors (Lipinski definition) is 2. The average Bonchev–Trinajstić information content (AvgIpc) is 2.86. The highest BCUT2D eigenvalue weighted by atomic mass is 16.5. The molecule has 9 nitrogen and oxygen atoms in total. The highest BCUT2D eigenvalue weighted by Gasteiger charge is 2.15. The van der Waals surface area contributed by atoms with Crippen molar-refractivity contribution in [1.82, 2.24) is 4.57 Å². The molecule has 1 heterocycles. The van der Waals surface area contributed by atoms with Crippen LogP contribution in [0.5, 0.6) is 34.5 Å². The van der Waals surface area contributed by atoms with Crippen LogP contribution < -0.4 is 29.2 Å². The molecule has 184 valence electrons. The number of phenolic OH excluding ortho intramolecular Hbond substituents is 2. The first-order valence-electron chi connectivity index (χ1n) is 10.6. The van der Waals surface area contributed by atoms with Gasteiger partial charge in [-0.25, -0.2) is 0 Å². The monoisotopic (exact) mass is 481 g/mol. The molecule has 0 aliphatic carbocycles. The lowest BCUT2D eigenvalue weighted by molar-refractivity contribution is -0.692. The van der Waals surface area contributed by atoms with Crippen molar-refractivity contribution in [3.8, 4) is 34.5 Å². The van der Waals surface area contributed by atoms with Gasteiger partial charge in [-0.2, -0.15) is 13.9 Å². The zero-order valence-electron chi connectivity index (χ0n) is 20.5. The minimum atomic E-state index is -0.225. The summed E-state index contributed by atoms with van der Waals surface area (Å²) in [5, 5.41) is 20.0. The molecule has 0 atom stereocenters. The molecule has 0 spiro atoms. The molecule has 0 fully saturated rings. The third-order valence-corrected chi connectivity index (χ3v) is 5.57. The lowest BCUT2D eigenvalue weighted by atomic mass is 10.1. The molecule has 2 N–H and O–H groups in total. The van der Waals surface area contributed by atoms with Crippen LogP contribution in [0.3, 0.4) is 0 Å². The Balaban J connectivity index is 2.05. The van der Waals surface area contributed by atoms with E-state index in [0.717, 1.165) is 0 Å². The standard InChI is InChI=1S/C26H28N2O7/c1-27-18(9-7-16-11-24(34-5)20(29)14-22(16)32-3)13-19(28(2)26(27)31)10-8-17-12-25(35-6)21(30)15-23(17)33-4/h7-15H,1-6H3,(H,29,30)/p+1. The molecular weight excluding hydrogens is 452 g/mol. The predicted octanol–water partition coefficient (Wildman–Crippen LogP) is 3.00. The summed E-state index contributed by atoms with van der Waals surface area (Å²) in [4.78, 5) is 12.9. The summed E-state index contributed by atoms with van der Waals surface area (Å²) < 4.78 is 24.1. The number of methoxy groups -OCH3 is 4. The minimum absolute atomic E-state index is 0.0330. The maximum atomic E-state index is 12.9. The van der Waals surface area contributed by atoms with E-state index in [-0.39, 0.29) is 17.2 Å². The normalized spacial score (nSPS) is 11.3. The average molecular weight is 482 g/mol. The first-order valence-corrected chi connectivity index (χ1v) is 10.6. The van der Waals surface area contributed by atoms with Crippen molar-refractivity contribution in [2.75, 3.05) is 28.4 Å². The largest absolute Gasteiger partial charge is 0.504 e. The van der Waals surface area contributed by atoms with Crippen molar-refractivity contribution in [2.24, 2.45) is 14.1 Å². The van der Waals surface area contributed by atoms with Crippen LogP contribution in [0.15, 0.2) is 35.1 Å². The Morgan fingerprint density at radius 1 is 0.714 bits per heavy atom. The minimum Gasteiger partial charge on any atom is -0.504 e. The van der Waals surface area contributed by atoms with E-state index in [1.807, 2.05) is 6.07 Å². The molecule has 3 aromatic rings. The van der Waals surface area contributed by atoms with E-state index in [2.05, 4.69) is 0 Å². The van der Waals surface area contributed by atoms with Gasteiger partial charge in [0.1, 0.15) is 22.9 Å². The van der Waals surface area contributed by atoms with Gasteiger partial charge in [0, 0.05) is 29.3 Å². The van der Waals surface area contributed by atoms with E-state index in [0.29, 0.717) is 45.5 Å². The first-order chi connectivity index (χ1) is 16.7. The molecule has 0 unspecified atom stereocenters. The maximum absolute atomic E-state index is 12.9. The molecule has 3 rings (SSSR count). The van der Waals surface area contributed by atoms with Crippen molar-refractivity contribution in [3.63, 3.8) is 0 Å². The van der Waals surface area contributed by atoms with E-state index < -0.39 is 0 Å². The molecule has 0 aliphatic rings. The van der Waals surface area contributed by atoms with Crippen LogP contribution in [0.2, 0.25) is 0 Å². The molecule has 2 aromatic carbocycles. The van der Waals surface area contributed by atoms with Gasteiger partial charge < -0.3 is 29.2 Å². The molecule has 1 aromatic heterocycles. The quantitative estimate of drug-likeness (QED) is 0.477. The van der Waals surface area contributed by atoms with Gasteiger partial charge in [-0.3, -0.25) is 0 Å². The topological polar surface area (TPSA) is 103 Å². The Morgan fingerprint density at radius 2 is 1.17 bits per heavy atom. The SMILES string of the molecule is COc1cc(C=Cc2cc(C=Cc3cc(OC)c(O)cc3OC)[n+](C)c(=O)n2C)c(OC)cc1O. The van der Waals surface area contributed by atoms with Crippen LogP contribution in [-0.4, -0.2) is 43.2 Å². The van der Waals surface area contributed by atoms with Crippen LogP contribution in [-0.2, 0) is 14.1 Å². The number of hydrogen-bond acceptors (Lipinski definition) is 7. The molecule has 0 saturated carbocycles. The van der Waals surface area contributed by atoms with Crippen LogP contribution in [0, 0.1) is 0 Å². The maximum Gasteiger partial charge on any atom is 0.498 e. The van der Waals surface area contributed by atoms with Gasteiger partial charge in [-0.05, 0) is 36.4 Å². The van der Waals surface area contributed by atoms with Gasteiger partial charge in [0.15, 0.2) is 23.0 Å². The second-order valence-corrected chi connectivity index (χ2v) is 7.59. The number of aromatic nitrogens is 2. The number of phenols is 2. The van der Waals surface area contributed by atoms with Crippen LogP contribution in [0.1, 0.15) is 22.5 Å². The lowest BCUT2D eigenvalue weighted by Gasteiger charge is -2.10. The predicted molar refractivity (Wildman–Crippen MR) is 133 cm³/mol. The van der Waals surface area contributed by atoms with Gasteiger partial charge in [0.2, 0.25) is 0 Å². The lowest BCUT2D eigenvalue weighted by Crippen LogP contribution is -2.53. The molecular formula is C26H29N2O7+. The van der Waals surface area contributed by atoms with Crippen molar-refractivity contribution in [3.05, 3.63) is 63.3 Å². The molecule has 0 aliphatic heterocycles. The Bertz CT molecular complexity index is 1260. The number of aromatic hydroxyl groups is 2. The highest BCUT2D eigenvalue weighted by molar-refractivity contribution is 5.76. The zero-order valence-corrected chi connectivity index (χ0v) is 20.5. The van der Waals surface area contributed by atoms with Crippen LogP contribution in [0.25, 0.3) is 24.3 Å². The van der Waals surface area contributed by atoms with Crippen LogP contribution in [0.4, 0.5) is 0 Å². The van der Waals surface area contributed by atoms with Gasteiger partial charge in [0.05, 0.1) is 42.5 Å². The summed E-state index contributed by atoms with van der Waals surface area (Å²) >= 11 is 0. The van der Waals surface area contributed by atoms with Gasteiger partial charge in [-0.15, -0.1) is 0 Å². The summed E-state index contributed by atoms with van der Waals surface area (Å²) in [6.45, 7) is 0. The molecule has 0 saturated heterocycles. The molecule has 0 bridgehead atoms. The Labute approximate surface area is 203 Å². The van der Waals surface area contributed by atoms with Crippen molar-refractivity contribution < 1.29 is 33.7 Å². The number of rotatable bonds is 8. The fraction of sp³-hybridized carbons (Fsp3) is 0.231. The third-order valence-electron chi connectivity index (χ3n) is 5.57. The second-order valence-electron chi connectivity index (χ2n) is 7.59. The fourth-order valence-corrected chi connectivity index (χ4v) is 3.53. The Hall–Kier alpha value is -4.40. The number of ether oxygens (including phenoxy) is 4. The van der Waals surface area contributed by atoms with E-state index in [1.165, 1.54) is 49.7 Å². The Kier molecular flexibility index (Phi) is 7.70. The van der Waals surface area contributed by atoms with Crippen LogP contribution >= 0.6 is 0 Å². The van der Waals surface area contributed by atoms with E-state index >= 15 is 0 Å². The van der Waals surface area contributed by atoms with E-state index in [9.17, 15) is 15.0 Å². The highest BCUT2D eigenvalue weighted by Crippen LogP contribution is 2.35. The zero-order chi connectivity index (χ0) is 25.7. The molecule has 0 radical (unpaired) electrons. The first kappa shape index (κ1) is 25.2. The van der Waals surface area contributed by atoms with E-state index in [4.69, 9.17) is 18.9 Å². The molecule has 0 amide bonds. The summed E-state index contributed by atoms with van der Waals surface area (Å²) in [6, 6.07) is 8.09. The van der Waals surface area contributed by atoms with Crippen molar-refractivity contribution in [2.45, 2.75) is 0 Å². The van der Waals surface area contributed by atoms with E-state index in [1.54, 1.807) is 50.5 Å². The number of benzene rings is 2. The summed E-state index contributed by atoms with van der Waals surface area (Å²) in [7, 11) is 9.30. The number of nitrogens with zero attached hydrogens (tertiary/aromatic N) is 2. The second kappa shape index (κ2) is 10.7. The summed E-state index contributed by atoms with van der Waals surface area (Å²) in [5.74, 6) is 1.46. The summed E-state index contributed by atoms with van der Waals surface area (Å²) in [5.41, 5.74) is 2.38. The van der Waals surface area contributed by atoms with Crippen molar-refractivity contribution in [1.29, 1.82) is 0 Å².